The average molecular weight is 286 g/mol. The van der Waals surface area contributed by atoms with Gasteiger partial charge in [0, 0.05) is 16.8 Å². The molecule has 0 saturated heterocycles. The SMILES string of the molecule is CC(O)(CNS(N)(=O)=O)c1csc2ccccc12. The van der Waals surface area contributed by atoms with E-state index in [4.69, 9.17) is 5.14 Å². The number of aliphatic hydroxyl groups is 1. The monoisotopic (exact) mass is 286 g/mol. The van der Waals surface area contributed by atoms with Gasteiger partial charge >= 0.3 is 0 Å². The molecule has 5 nitrogen and oxygen atoms in total. The molecule has 0 spiro atoms. The van der Waals surface area contributed by atoms with Crippen LogP contribution in [0.5, 0.6) is 0 Å². The molecule has 1 atom stereocenters. The summed E-state index contributed by atoms with van der Waals surface area (Å²) in [4.78, 5) is 0. The van der Waals surface area contributed by atoms with Crippen LogP contribution in [0.4, 0.5) is 0 Å². The second kappa shape index (κ2) is 4.60. The summed E-state index contributed by atoms with van der Waals surface area (Å²) in [5.74, 6) is 0. The second-order valence-corrected chi connectivity index (χ2v) is 6.58. The average Bonchev–Trinajstić information content (AvgIpc) is 2.70. The predicted molar refractivity (Wildman–Crippen MR) is 72.5 cm³/mol. The first-order valence-electron chi connectivity index (χ1n) is 5.26. The second-order valence-electron chi connectivity index (χ2n) is 4.29. The Hall–Kier alpha value is -0.990. The van der Waals surface area contributed by atoms with Crippen molar-refractivity contribution in [3.8, 4) is 0 Å². The highest BCUT2D eigenvalue weighted by Crippen LogP contribution is 2.33. The molecule has 2 aromatic rings. The third-order valence-electron chi connectivity index (χ3n) is 2.68. The van der Waals surface area contributed by atoms with Crippen LogP contribution in [-0.2, 0) is 15.8 Å². The van der Waals surface area contributed by atoms with Gasteiger partial charge in [-0.3, -0.25) is 0 Å². The number of benzene rings is 1. The van der Waals surface area contributed by atoms with E-state index in [0.29, 0.717) is 5.56 Å². The molecule has 98 valence electrons. The molecule has 4 N–H and O–H groups in total. The van der Waals surface area contributed by atoms with E-state index in [0.717, 1.165) is 10.1 Å². The largest absolute Gasteiger partial charge is 0.384 e. The number of fused-ring (bicyclic) bond motifs is 1. The van der Waals surface area contributed by atoms with E-state index in [2.05, 4.69) is 4.72 Å². The molecule has 1 aromatic heterocycles. The first-order valence-corrected chi connectivity index (χ1v) is 7.69. The molecule has 0 fully saturated rings. The van der Waals surface area contributed by atoms with Gasteiger partial charge in [-0.2, -0.15) is 13.1 Å². The first-order chi connectivity index (χ1) is 8.30. The molecule has 0 amide bonds. The maximum atomic E-state index is 10.9. The quantitative estimate of drug-likeness (QED) is 0.779. The Morgan fingerprint density at radius 1 is 1.44 bits per heavy atom. The van der Waals surface area contributed by atoms with Crippen LogP contribution in [0.2, 0.25) is 0 Å². The molecule has 0 aliphatic carbocycles. The highest BCUT2D eigenvalue weighted by Gasteiger charge is 2.27. The Labute approximate surface area is 109 Å². The third-order valence-corrected chi connectivity index (χ3v) is 4.19. The molecule has 0 saturated carbocycles. The topological polar surface area (TPSA) is 92.4 Å². The molecular weight excluding hydrogens is 272 g/mol. The summed E-state index contributed by atoms with van der Waals surface area (Å²) in [6.07, 6.45) is 0. The molecular formula is C11H14N2O3S2. The van der Waals surface area contributed by atoms with Gasteiger partial charge in [0.25, 0.3) is 10.2 Å². The lowest BCUT2D eigenvalue weighted by atomic mass is 9.96. The lowest BCUT2D eigenvalue weighted by Gasteiger charge is -2.22. The van der Waals surface area contributed by atoms with E-state index in [9.17, 15) is 13.5 Å². The highest BCUT2D eigenvalue weighted by atomic mass is 32.2. The Kier molecular flexibility index (Phi) is 3.43. The van der Waals surface area contributed by atoms with Crippen molar-refractivity contribution in [2.24, 2.45) is 5.14 Å². The Morgan fingerprint density at radius 2 is 2.11 bits per heavy atom. The molecule has 1 heterocycles. The van der Waals surface area contributed by atoms with Crippen LogP contribution in [0, 0.1) is 0 Å². The third kappa shape index (κ3) is 2.88. The van der Waals surface area contributed by atoms with E-state index < -0.39 is 15.8 Å². The predicted octanol–water partition coefficient (Wildman–Crippen LogP) is 0.902. The number of nitrogens with one attached hydrogen (secondary N) is 1. The van der Waals surface area contributed by atoms with E-state index in [1.54, 1.807) is 6.92 Å². The standard InChI is InChI=1S/C11H14N2O3S2/c1-11(14,7-13-18(12,15)16)9-6-17-10-5-3-2-4-8(9)10/h2-6,13-14H,7H2,1H3,(H2,12,15,16). The van der Waals surface area contributed by atoms with Gasteiger partial charge in [0.15, 0.2) is 0 Å². The molecule has 0 bridgehead atoms. The zero-order valence-electron chi connectivity index (χ0n) is 9.75. The van der Waals surface area contributed by atoms with Gasteiger partial charge in [-0.25, -0.2) is 5.14 Å². The van der Waals surface area contributed by atoms with Crippen molar-refractivity contribution < 1.29 is 13.5 Å². The van der Waals surface area contributed by atoms with Crippen molar-refractivity contribution in [1.29, 1.82) is 0 Å². The van der Waals surface area contributed by atoms with Crippen LogP contribution in [0.1, 0.15) is 12.5 Å². The van der Waals surface area contributed by atoms with Gasteiger partial charge in [0.05, 0.1) is 0 Å². The normalized spacial score (nSPS) is 15.7. The summed E-state index contributed by atoms with van der Waals surface area (Å²) >= 11 is 1.51. The van der Waals surface area contributed by atoms with Crippen molar-refractivity contribution in [2.45, 2.75) is 12.5 Å². The fourth-order valence-corrected chi connectivity index (χ4v) is 3.30. The first kappa shape index (κ1) is 13.4. The van der Waals surface area contributed by atoms with E-state index in [1.165, 1.54) is 11.3 Å². The van der Waals surface area contributed by atoms with Gasteiger partial charge in [0.2, 0.25) is 0 Å². The minimum Gasteiger partial charge on any atom is -0.384 e. The fraction of sp³-hybridized carbons (Fsp3) is 0.273. The van der Waals surface area contributed by atoms with Crippen molar-refractivity contribution in [3.63, 3.8) is 0 Å². The van der Waals surface area contributed by atoms with Crippen molar-refractivity contribution in [3.05, 3.63) is 35.2 Å². The van der Waals surface area contributed by atoms with Crippen molar-refractivity contribution >= 4 is 31.6 Å². The molecule has 0 aliphatic heterocycles. The summed E-state index contributed by atoms with van der Waals surface area (Å²) in [6.45, 7) is 1.40. The minimum atomic E-state index is -3.81. The van der Waals surface area contributed by atoms with Crippen LogP contribution in [0.3, 0.4) is 0 Å². The highest BCUT2D eigenvalue weighted by molar-refractivity contribution is 7.87. The zero-order chi connectivity index (χ0) is 13.4. The van der Waals surface area contributed by atoms with Gasteiger partial charge in [-0.1, -0.05) is 18.2 Å². The summed E-state index contributed by atoms with van der Waals surface area (Å²) < 4.78 is 24.9. The van der Waals surface area contributed by atoms with Crippen molar-refractivity contribution in [2.75, 3.05) is 6.54 Å². The Balaban J connectivity index is 2.34. The minimum absolute atomic E-state index is 0.160. The summed E-state index contributed by atoms with van der Waals surface area (Å²) in [7, 11) is -3.81. The van der Waals surface area contributed by atoms with E-state index in [1.807, 2.05) is 29.6 Å². The molecule has 2 rings (SSSR count). The van der Waals surface area contributed by atoms with Gasteiger partial charge in [0.1, 0.15) is 5.60 Å². The van der Waals surface area contributed by atoms with E-state index in [-0.39, 0.29) is 6.54 Å². The van der Waals surface area contributed by atoms with Crippen molar-refractivity contribution in [1.82, 2.24) is 4.72 Å². The smallest absolute Gasteiger partial charge is 0.274 e. The van der Waals surface area contributed by atoms with E-state index >= 15 is 0 Å². The fourth-order valence-electron chi connectivity index (χ4n) is 1.73. The summed E-state index contributed by atoms with van der Waals surface area (Å²) in [5, 5.41) is 18.0. The number of nitrogens with two attached hydrogens (primary N) is 1. The molecule has 7 heteroatoms. The van der Waals surface area contributed by atoms with Crippen LogP contribution >= 0.6 is 11.3 Å². The molecule has 0 aliphatic rings. The lowest BCUT2D eigenvalue weighted by molar-refractivity contribution is 0.0646. The van der Waals surface area contributed by atoms with Gasteiger partial charge < -0.3 is 5.11 Å². The van der Waals surface area contributed by atoms with Crippen LogP contribution in [0.15, 0.2) is 29.6 Å². The van der Waals surface area contributed by atoms with Crippen LogP contribution < -0.4 is 9.86 Å². The molecule has 0 radical (unpaired) electrons. The maximum absolute atomic E-state index is 10.9. The molecule has 18 heavy (non-hydrogen) atoms. The number of rotatable bonds is 4. The number of thiophene rings is 1. The molecule has 1 unspecified atom stereocenters. The number of hydrogen-bond acceptors (Lipinski definition) is 4. The Bertz CT molecular complexity index is 662. The molecule has 1 aromatic carbocycles. The van der Waals surface area contributed by atoms with Gasteiger partial charge in [-0.05, 0) is 23.8 Å². The van der Waals surface area contributed by atoms with Gasteiger partial charge in [-0.15, -0.1) is 11.3 Å². The summed E-state index contributed by atoms with van der Waals surface area (Å²) in [6, 6.07) is 7.64. The van der Waals surface area contributed by atoms with Crippen LogP contribution in [-0.4, -0.2) is 20.1 Å². The maximum Gasteiger partial charge on any atom is 0.274 e. The lowest BCUT2D eigenvalue weighted by Crippen LogP contribution is -2.41. The Morgan fingerprint density at radius 3 is 2.78 bits per heavy atom. The summed E-state index contributed by atoms with van der Waals surface area (Å²) in [5.41, 5.74) is -0.606. The van der Waals surface area contributed by atoms with Crippen LogP contribution in [0.25, 0.3) is 10.1 Å². The zero-order valence-corrected chi connectivity index (χ0v) is 11.4. The number of hydrogen-bond donors (Lipinski definition) is 3.